The fourth-order valence-electron chi connectivity index (χ4n) is 4.51. The number of amides is 1. The molecule has 0 atom stereocenters. The number of carbonyl (C=O) groups excluding carboxylic acids is 1. The molecule has 0 aliphatic heterocycles. The van der Waals surface area contributed by atoms with Crippen LogP contribution in [-0.2, 0) is 17.6 Å². The third kappa shape index (κ3) is 4.84. The summed E-state index contributed by atoms with van der Waals surface area (Å²) in [6.45, 7) is 5.46. The van der Waals surface area contributed by atoms with Gasteiger partial charge in [0, 0.05) is 48.6 Å². The molecule has 5 aromatic rings. The Labute approximate surface area is 225 Å². The molecule has 194 valence electrons. The molecule has 9 heteroatoms. The molecule has 1 amide bonds. The van der Waals surface area contributed by atoms with E-state index in [1.165, 1.54) is 24.8 Å². The minimum absolute atomic E-state index is 0.0437. The van der Waals surface area contributed by atoms with E-state index in [2.05, 4.69) is 26.1 Å². The van der Waals surface area contributed by atoms with Gasteiger partial charge >= 0.3 is 0 Å². The Balaban J connectivity index is 1.63. The van der Waals surface area contributed by atoms with Crippen LogP contribution in [0.5, 0.6) is 11.5 Å². The van der Waals surface area contributed by atoms with Crippen molar-refractivity contribution in [1.29, 1.82) is 0 Å². The third-order valence-electron chi connectivity index (χ3n) is 6.45. The number of benzene rings is 3. The first-order valence-electron chi connectivity index (χ1n) is 12.3. The number of phenolic OH excluding ortho intramolecular Hbond substituents is 2. The molecule has 0 saturated heterocycles. The number of rotatable bonds is 7. The smallest absolute Gasteiger partial charge is 0.221 e. The molecule has 0 unspecified atom stereocenters. The molecule has 8 nitrogen and oxygen atoms in total. The number of hydrogen-bond donors (Lipinski definition) is 3. The number of hydrogen-bond acceptors (Lipinski definition) is 6. The molecular formula is C29H29N5O3S. The van der Waals surface area contributed by atoms with Crippen molar-refractivity contribution in [3.05, 3.63) is 78.0 Å². The van der Waals surface area contributed by atoms with E-state index < -0.39 is 0 Å². The van der Waals surface area contributed by atoms with Crippen LogP contribution in [-0.4, -0.2) is 35.5 Å². The average molecular weight is 528 g/mol. The van der Waals surface area contributed by atoms with Crippen LogP contribution in [0.4, 0.5) is 5.69 Å². The maximum absolute atomic E-state index is 11.7. The molecule has 0 aliphatic carbocycles. The van der Waals surface area contributed by atoms with Gasteiger partial charge in [-0.1, -0.05) is 43.8 Å². The van der Waals surface area contributed by atoms with E-state index in [1.807, 2.05) is 74.1 Å². The number of aromatic hydroxyl groups is 2. The summed E-state index contributed by atoms with van der Waals surface area (Å²) in [5.74, 6) is 0.896. The van der Waals surface area contributed by atoms with Crippen molar-refractivity contribution in [3.8, 4) is 28.6 Å². The van der Waals surface area contributed by atoms with Crippen LogP contribution >= 0.6 is 11.8 Å². The van der Waals surface area contributed by atoms with Gasteiger partial charge in [-0.3, -0.25) is 9.36 Å². The summed E-state index contributed by atoms with van der Waals surface area (Å²) in [4.78, 5) is 11.7. The Morgan fingerprint density at radius 2 is 1.82 bits per heavy atom. The van der Waals surface area contributed by atoms with Crippen molar-refractivity contribution in [3.63, 3.8) is 0 Å². The van der Waals surface area contributed by atoms with Crippen LogP contribution in [0, 0.1) is 0 Å². The van der Waals surface area contributed by atoms with Gasteiger partial charge in [0.2, 0.25) is 5.91 Å². The minimum atomic E-state index is -0.132. The highest BCUT2D eigenvalue weighted by molar-refractivity contribution is 7.98. The summed E-state index contributed by atoms with van der Waals surface area (Å²) in [7, 11) is 2.00. The predicted octanol–water partition coefficient (Wildman–Crippen LogP) is 6.21. The second-order valence-corrected chi connectivity index (χ2v) is 10.5. The van der Waals surface area contributed by atoms with Crippen LogP contribution in [0.1, 0.15) is 37.8 Å². The zero-order valence-corrected chi connectivity index (χ0v) is 22.5. The second-order valence-electron chi connectivity index (χ2n) is 9.52. The first-order chi connectivity index (χ1) is 18.2. The minimum Gasteiger partial charge on any atom is -0.508 e. The summed E-state index contributed by atoms with van der Waals surface area (Å²) < 4.78 is 3.98. The quantitative estimate of drug-likeness (QED) is 0.217. The number of nitrogens with zero attached hydrogens (tertiary/aromatic N) is 4. The highest BCUT2D eigenvalue weighted by atomic mass is 32.2. The van der Waals surface area contributed by atoms with Gasteiger partial charge in [0.25, 0.3) is 0 Å². The normalized spacial score (nSPS) is 11.4. The highest BCUT2D eigenvalue weighted by Gasteiger charge is 2.22. The van der Waals surface area contributed by atoms with Gasteiger partial charge in [-0.25, -0.2) is 0 Å². The Hall–Kier alpha value is -4.24. The van der Waals surface area contributed by atoms with Crippen molar-refractivity contribution in [2.45, 2.75) is 37.6 Å². The first kappa shape index (κ1) is 25.4. The van der Waals surface area contributed by atoms with Crippen molar-refractivity contribution >= 4 is 34.3 Å². The van der Waals surface area contributed by atoms with Gasteiger partial charge in [-0.05, 0) is 53.4 Å². The maximum Gasteiger partial charge on any atom is 0.221 e. The second kappa shape index (κ2) is 10.3. The highest BCUT2D eigenvalue weighted by Crippen LogP contribution is 2.40. The lowest BCUT2D eigenvalue weighted by atomic mass is 9.98. The number of anilines is 1. The molecule has 2 aromatic heterocycles. The number of fused-ring (bicyclic) bond motifs is 1. The van der Waals surface area contributed by atoms with Crippen LogP contribution in [0.3, 0.4) is 0 Å². The summed E-state index contributed by atoms with van der Waals surface area (Å²) in [6.07, 6.45) is 2.01. The summed E-state index contributed by atoms with van der Waals surface area (Å²) in [6, 6.07) is 19.0. The molecule has 3 aromatic carbocycles. The molecule has 38 heavy (non-hydrogen) atoms. The predicted molar refractivity (Wildman–Crippen MR) is 151 cm³/mol. The molecule has 0 spiro atoms. The fraction of sp³-hybridized carbons (Fsp3) is 0.207. The van der Waals surface area contributed by atoms with Gasteiger partial charge < -0.3 is 20.1 Å². The summed E-state index contributed by atoms with van der Waals surface area (Å²) in [5, 5.41) is 34.8. The Kier molecular flexibility index (Phi) is 6.86. The largest absolute Gasteiger partial charge is 0.508 e. The zero-order chi connectivity index (χ0) is 27.0. The van der Waals surface area contributed by atoms with E-state index in [4.69, 9.17) is 0 Å². The Bertz CT molecular complexity index is 1650. The van der Waals surface area contributed by atoms with Gasteiger partial charge in [0.15, 0.2) is 11.0 Å². The topological polar surface area (TPSA) is 105 Å². The van der Waals surface area contributed by atoms with Crippen molar-refractivity contribution in [2.24, 2.45) is 7.05 Å². The number of thioether (sulfide) groups is 1. The molecule has 0 radical (unpaired) electrons. The average Bonchev–Trinajstić information content (AvgIpc) is 3.46. The van der Waals surface area contributed by atoms with Gasteiger partial charge in [-0.15, -0.1) is 10.2 Å². The van der Waals surface area contributed by atoms with Crippen LogP contribution in [0.15, 0.2) is 72.0 Å². The lowest BCUT2D eigenvalue weighted by Crippen LogP contribution is -2.07. The number of aromatic nitrogens is 4. The molecule has 5 rings (SSSR count). The number of para-hydroxylation sites is 1. The van der Waals surface area contributed by atoms with Crippen molar-refractivity contribution in [1.82, 2.24) is 19.3 Å². The molecule has 0 aliphatic rings. The zero-order valence-electron chi connectivity index (χ0n) is 21.6. The van der Waals surface area contributed by atoms with E-state index >= 15 is 0 Å². The van der Waals surface area contributed by atoms with Crippen molar-refractivity contribution in [2.75, 3.05) is 5.32 Å². The number of aryl methyl sites for hydroxylation is 1. The Morgan fingerprint density at radius 3 is 2.58 bits per heavy atom. The molecule has 0 bridgehead atoms. The van der Waals surface area contributed by atoms with Crippen LogP contribution in [0.25, 0.3) is 28.0 Å². The van der Waals surface area contributed by atoms with E-state index in [1.54, 1.807) is 6.07 Å². The fourth-order valence-corrected chi connectivity index (χ4v) is 5.47. The SMILES string of the molecule is CC(=O)Nc1ccccc1CSc1nnc(-c2cc(C(C)C)c(O)cc2O)n1-c1ccc2c(ccn2C)c1. The van der Waals surface area contributed by atoms with Crippen molar-refractivity contribution < 1.29 is 15.0 Å². The summed E-state index contributed by atoms with van der Waals surface area (Å²) >= 11 is 1.48. The molecular weight excluding hydrogens is 498 g/mol. The van der Waals surface area contributed by atoms with Crippen LogP contribution < -0.4 is 5.32 Å². The summed E-state index contributed by atoms with van der Waals surface area (Å²) in [5.41, 5.74) is 4.84. The molecule has 3 N–H and O–H groups in total. The standard InChI is InChI=1S/C29H29N5O3S/c1-17(2)22-14-23(27(37)15-26(22)36)28-31-32-29(38-16-20-7-5-6-8-24(20)30-18(3)35)34(28)21-9-10-25-19(13-21)11-12-33(25)4/h5-15,17,36-37H,16H2,1-4H3,(H,30,35). The monoisotopic (exact) mass is 527 g/mol. The Morgan fingerprint density at radius 1 is 1.03 bits per heavy atom. The molecule has 0 saturated carbocycles. The number of nitrogens with one attached hydrogen (secondary N) is 1. The third-order valence-corrected chi connectivity index (χ3v) is 7.43. The maximum atomic E-state index is 11.7. The van der Waals surface area contributed by atoms with E-state index in [-0.39, 0.29) is 23.3 Å². The van der Waals surface area contributed by atoms with E-state index in [0.29, 0.717) is 27.9 Å². The van der Waals surface area contributed by atoms with Gasteiger partial charge in [0.05, 0.1) is 11.3 Å². The van der Waals surface area contributed by atoms with Gasteiger partial charge in [0.1, 0.15) is 11.5 Å². The number of phenols is 2. The first-order valence-corrected chi connectivity index (χ1v) is 13.3. The van der Waals surface area contributed by atoms with E-state index in [9.17, 15) is 15.0 Å². The van der Waals surface area contributed by atoms with Gasteiger partial charge in [-0.2, -0.15) is 0 Å². The van der Waals surface area contributed by atoms with Crippen LogP contribution in [0.2, 0.25) is 0 Å². The molecule has 0 fully saturated rings. The number of carbonyl (C=O) groups is 1. The van der Waals surface area contributed by atoms with E-state index in [0.717, 1.165) is 27.8 Å². The molecule has 2 heterocycles. The lowest BCUT2D eigenvalue weighted by Gasteiger charge is -2.15. The lowest BCUT2D eigenvalue weighted by molar-refractivity contribution is -0.114.